The van der Waals surface area contributed by atoms with Gasteiger partial charge in [-0.25, -0.2) is 0 Å². The average Bonchev–Trinajstić information content (AvgIpc) is 3.85. The molecule has 5 rings (SSSR count). The molecule has 1 aromatic heterocycles. The Hall–Kier alpha value is -2.38. The summed E-state index contributed by atoms with van der Waals surface area (Å²) in [6.45, 7) is 8.98. The van der Waals surface area contributed by atoms with E-state index in [0.717, 1.165) is 50.7 Å². The first-order chi connectivity index (χ1) is 18.3. The summed E-state index contributed by atoms with van der Waals surface area (Å²) in [6.07, 6.45) is 9.16. The molecule has 1 aromatic carbocycles. The van der Waals surface area contributed by atoms with Crippen LogP contribution >= 0.6 is 0 Å². The topological polar surface area (TPSA) is 77.7 Å². The third-order valence-corrected chi connectivity index (χ3v) is 8.51. The van der Waals surface area contributed by atoms with Gasteiger partial charge in [-0.15, -0.1) is 0 Å². The summed E-state index contributed by atoms with van der Waals surface area (Å²) < 4.78 is 5.40. The largest absolute Gasteiger partial charge is 0.385 e. The van der Waals surface area contributed by atoms with E-state index in [1.54, 1.807) is 7.11 Å². The van der Waals surface area contributed by atoms with Crippen molar-refractivity contribution in [2.24, 2.45) is 17.3 Å². The van der Waals surface area contributed by atoms with Gasteiger partial charge in [0.1, 0.15) is 0 Å². The Morgan fingerprint density at radius 2 is 1.84 bits per heavy atom. The highest BCUT2D eigenvalue weighted by Gasteiger charge is 2.44. The van der Waals surface area contributed by atoms with E-state index >= 15 is 0 Å². The van der Waals surface area contributed by atoms with Gasteiger partial charge in [-0.2, -0.15) is 0 Å². The van der Waals surface area contributed by atoms with Crippen LogP contribution in [0.3, 0.4) is 0 Å². The van der Waals surface area contributed by atoms with Crippen LogP contribution in [0.15, 0.2) is 30.5 Å². The highest BCUT2D eigenvalue weighted by molar-refractivity contribution is 5.86. The average molecular weight is 523 g/mol. The minimum Gasteiger partial charge on any atom is -0.385 e. The van der Waals surface area contributed by atoms with Gasteiger partial charge < -0.3 is 24.8 Å². The summed E-state index contributed by atoms with van der Waals surface area (Å²) >= 11 is 0. The Bertz CT molecular complexity index is 1110. The summed E-state index contributed by atoms with van der Waals surface area (Å²) in [6, 6.07) is 8.75. The molecule has 3 fully saturated rings. The van der Waals surface area contributed by atoms with E-state index in [9.17, 15) is 9.59 Å². The molecule has 1 aliphatic heterocycles. The molecule has 2 N–H and O–H groups in total. The number of para-hydroxylation sites is 1. The molecule has 0 radical (unpaired) electrons. The van der Waals surface area contributed by atoms with Crippen molar-refractivity contribution >= 4 is 22.7 Å². The van der Waals surface area contributed by atoms with Crippen molar-refractivity contribution in [2.45, 2.75) is 83.8 Å². The van der Waals surface area contributed by atoms with Crippen LogP contribution in [0.1, 0.15) is 77.3 Å². The molecule has 0 spiro atoms. The smallest absolute Gasteiger partial charge is 0.228 e. The van der Waals surface area contributed by atoms with Gasteiger partial charge in [-0.05, 0) is 62.5 Å². The fourth-order valence-corrected chi connectivity index (χ4v) is 6.14. The van der Waals surface area contributed by atoms with Crippen LogP contribution in [-0.4, -0.2) is 72.0 Å². The van der Waals surface area contributed by atoms with Crippen LogP contribution in [0.25, 0.3) is 10.9 Å². The summed E-state index contributed by atoms with van der Waals surface area (Å²) in [5, 5.41) is 4.74. The first kappa shape index (κ1) is 27.2. The molecule has 38 heavy (non-hydrogen) atoms. The molecular weight excluding hydrogens is 476 g/mol. The highest BCUT2D eigenvalue weighted by atomic mass is 16.5. The van der Waals surface area contributed by atoms with Crippen LogP contribution < -0.4 is 5.32 Å². The number of hydrogen-bond donors (Lipinski definition) is 2. The Kier molecular flexibility index (Phi) is 8.15. The van der Waals surface area contributed by atoms with Crippen LogP contribution in [0, 0.1) is 17.3 Å². The second-order valence-corrected chi connectivity index (χ2v) is 12.8. The molecule has 2 saturated carbocycles. The third-order valence-electron chi connectivity index (χ3n) is 8.51. The summed E-state index contributed by atoms with van der Waals surface area (Å²) in [5.74, 6) is 0.942. The number of nitrogens with one attached hydrogen (secondary N) is 2. The maximum atomic E-state index is 14.4. The fourth-order valence-electron chi connectivity index (χ4n) is 6.14. The van der Waals surface area contributed by atoms with Gasteiger partial charge in [0.05, 0.1) is 12.0 Å². The number of carbonyl (C=O) groups excluding carboxylic acids is 2. The molecule has 7 heteroatoms. The number of rotatable bonds is 11. The molecule has 0 bridgehead atoms. The SMILES string of the molecule is COCCCC(c1c[nH]c2ccccc12)N(C(=O)[C@H]1CNC[C@@H](N(CC2CC2)C(=O)C(C)(C)C)C1)C1CC1. The Balaban J connectivity index is 1.39. The van der Waals surface area contributed by atoms with Crippen LogP contribution in [-0.2, 0) is 14.3 Å². The van der Waals surface area contributed by atoms with Gasteiger partial charge in [-0.3, -0.25) is 9.59 Å². The lowest BCUT2D eigenvalue weighted by Crippen LogP contribution is -2.57. The van der Waals surface area contributed by atoms with Crippen molar-refractivity contribution < 1.29 is 14.3 Å². The number of amides is 2. The second-order valence-electron chi connectivity index (χ2n) is 12.8. The molecule has 208 valence electrons. The van der Waals surface area contributed by atoms with Crippen molar-refractivity contribution in [3.8, 4) is 0 Å². The standard InChI is InChI=1S/C31H46N4O3/c1-31(2,3)30(37)34(20-21-11-12-21)24-16-22(17-32-18-24)29(36)35(23-13-14-23)28(10-7-15-38-4)26-19-33-27-9-6-5-8-25(26)27/h5-6,8-9,19,21-24,28,32-33H,7,10-18,20H2,1-4H3/t22-,24+,28?/m1/s1. The summed E-state index contributed by atoms with van der Waals surface area (Å²) in [5.41, 5.74) is 1.89. The number of methoxy groups -OCH3 is 1. The lowest BCUT2D eigenvalue weighted by atomic mass is 9.88. The predicted molar refractivity (Wildman–Crippen MR) is 151 cm³/mol. The number of nitrogens with zero attached hydrogens (tertiary/aromatic N) is 2. The first-order valence-corrected chi connectivity index (χ1v) is 14.7. The van der Waals surface area contributed by atoms with Crippen molar-refractivity contribution in [2.75, 3.05) is 33.4 Å². The molecule has 2 aliphatic carbocycles. The minimum absolute atomic E-state index is 0.0143. The van der Waals surface area contributed by atoms with Gasteiger partial charge >= 0.3 is 0 Å². The van der Waals surface area contributed by atoms with Crippen LogP contribution in [0.2, 0.25) is 0 Å². The molecule has 2 aromatic rings. The minimum atomic E-state index is -0.423. The van der Waals surface area contributed by atoms with Crippen LogP contribution in [0.4, 0.5) is 0 Å². The zero-order valence-corrected chi connectivity index (χ0v) is 23.7. The maximum Gasteiger partial charge on any atom is 0.228 e. The van der Waals surface area contributed by atoms with E-state index in [1.165, 1.54) is 23.8 Å². The highest BCUT2D eigenvalue weighted by Crippen LogP contribution is 2.41. The molecule has 2 heterocycles. The van der Waals surface area contributed by atoms with Crippen molar-refractivity contribution in [1.82, 2.24) is 20.1 Å². The summed E-state index contributed by atoms with van der Waals surface area (Å²) in [4.78, 5) is 35.6. The first-order valence-electron chi connectivity index (χ1n) is 14.7. The van der Waals surface area contributed by atoms with E-state index in [1.807, 2.05) is 26.8 Å². The Morgan fingerprint density at radius 3 is 2.53 bits per heavy atom. The molecule has 1 unspecified atom stereocenters. The maximum absolute atomic E-state index is 14.4. The second kappa shape index (κ2) is 11.4. The number of aromatic amines is 1. The monoisotopic (exact) mass is 522 g/mol. The molecule has 2 amide bonds. The third kappa shape index (κ3) is 6.09. The molecular formula is C31H46N4O3. The molecule has 3 aliphatic rings. The molecule has 7 nitrogen and oxygen atoms in total. The number of fused-ring (bicyclic) bond motifs is 1. The van der Waals surface area contributed by atoms with E-state index in [4.69, 9.17) is 4.74 Å². The van der Waals surface area contributed by atoms with Gasteiger partial charge in [0.25, 0.3) is 0 Å². The van der Waals surface area contributed by atoms with Gasteiger partial charge in [0.15, 0.2) is 0 Å². The quantitative estimate of drug-likeness (QED) is 0.412. The zero-order valence-electron chi connectivity index (χ0n) is 23.7. The predicted octanol–water partition coefficient (Wildman–Crippen LogP) is 4.89. The lowest BCUT2D eigenvalue weighted by Gasteiger charge is -2.42. The lowest BCUT2D eigenvalue weighted by molar-refractivity contribution is -0.146. The molecule has 3 atom stereocenters. The number of hydrogen-bond acceptors (Lipinski definition) is 4. The van der Waals surface area contributed by atoms with E-state index in [-0.39, 0.29) is 29.8 Å². The molecule has 1 saturated heterocycles. The van der Waals surface area contributed by atoms with E-state index in [0.29, 0.717) is 25.1 Å². The number of ether oxygens (including phenoxy) is 1. The van der Waals surface area contributed by atoms with Gasteiger partial charge in [-0.1, -0.05) is 39.0 Å². The zero-order chi connectivity index (χ0) is 26.9. The normalized spacial score (nSPS) is 22.8. The number of piperidine rings is 1. The number of aromatic nitrogens is 1. The van der Waals surface area contributed by atoms with Gasteiger partial charge in [0.2, 0.25) is 11.8 Å². The van der Waals surface area contributed by atoms with Crippen LogP contribution in [0.5, 0.6) is 0 Å². The van der Waals surface area contributed by atoms with Crippen molar-refractivity contribution in [3.63, 3.8) is 0 Å². The number of benzene rings is 1. The van der Waals surface area contributed by atoms with E-state index < -0.39 is 5.41 Å². The van der Waals surface area contributed by atoms with Gasteiger partial charge in [0, 0.05) is 67.9 Å². The summed E-state index contributed by atoms with van der Waals surface area (Å²) in [7, 11) is 1.74. The van der Waals surface area contributed by atoms with Crippen molar-refractivity contribution in [3.05, 3.63) is 36.0 Å². The van der Waals surface area contributed by atoms with E-state index in [2.05, 4.69) is 44.5 Å². The van der Waals surface area contributed by atoms with Crippen molar-refractivity contribution in [1.29, 1.82) is 0 Å². The number of H-pyrrole nitrogens is 1. The Labute approximate surface area is 227 Å². The number of carbonyl (C=O) groups is 2. The Morgan fingerprint density at radius 1 is 1.08 bits per heavy atom. The fraction of sp³-hybridized carbons (Fsp3) is 0.677.